The van der Waals surface area contributed by atoms with Gasteiger partial charge in [0, 0.05) is 19.6 Å². The number of esters is 1. The molecule has 0 N–H and O–H groups in total. The minimum atomic E-state index is -3.26. The Bertz CT molecular complexity index is 1050. The second-order valence-electron chi connectivity index (χ2n) is 9.36. The molecule has 0 spiro atoms. The van der Waals surface area contributed by atoms with Crippen LogP contribution in [0.1, 0.15) is 49.1 Å². The van der Waals surface area contributed by atoms with Gasteiger partial charge in [0.25, 0.3) is 0 Å². The van der Waals surface area contributed by atoms with Gasteiger partial charge in [-0.05, 0) is 69.5 Å². The molecule has 32 heavy (non-hydrogen) atoms. The van der Waals surface area contributed by atoms with E-state index in [0.29, 0.717) is 25.4 Å². The number of aryl methyl sites for hydroxylation is 1. The van der Waals surface area contributed by atoms with E-state index in [0.717, 1.165) is 22.4 Å². The van der Waals surface area contributed by atoms with E-state index in [2.05, 4.69) is 0 Å². The Morgan fingerprint density at radius 2 is 1.78 bits per heavy atom. The molecule has 1 saturated heterocycles. The summed E-state index contributed by atoms with van der Waals surface area (Å²) in [6.07, 6.45) is 0.243. The lowest BCUT2D eigenvalue weighted by molar-refractivity contribution is -0.155. The normalized spacial score (nSPS) is 18.8. The highest BCUT2D eigenvalue weighted by Crippen LogP contribution is 2.31. The third-order valence-electron chi connectivity index (χ3n) is 5.64. The first kappa shape index (κ1) is 24.3. The molecule has 0 aliphatic carbocycles. The van der Waals surface area contributed by atoms with Crippen molar-refractivity contribution in [3.63, 3.8) is 0 Å². The number of carbonyl (C=O) groups excluding carboxylic acids is 1. The Morgan fingerprint density at radius 1 is 1.09 bits per heavy atom. The molecule has 1 aliphatic heterocycles. The van der Waals surface area contributed by atoms with Gasteiger partial charge < -0.3 is 14.4 Å². The van der Waals surface area contributed by atoms with Crippen LogP contribution >= 0.6 is 0 Å². The Hall–Kier alpha value is -2.38. The summed E-state index contributed by atoms with van der Waals surface area (Å²) in [7, 11) is -3.26. The van der Waals surface area contributed by atoms with Crippen LogP contribution in [0.5, 0.6) is 11.5 Å². The van der Waals surface area contributed by atoms with Gasteiger partial charge in [-0.15, -0.1) is 0 Å². The molecule has 3 rings (SSSR count). The highest BCUT2D eigenvalue weighted by molar-refractivity contribution is 7.91. The van der Waals surface area contributed by atoms with Crippen molar-refractivity contribution >= 4 is 15.8 Å². The summed E-state index contributed by atoms with van der Waals surface area (Å²) < 4.78 is 36.9. The van der Waals surface area contributed by atoms with Crippen LogP contribution in [0.25, 0.3) is 0 Å². The summed E-state index contributed by atoms with van der Waals surface area (Å²) in [5.74, 6) is 1.26. The van der Waals surface area contributed by atoms with Crippen LogP contribution in [0, 0.1) is 13.8 Å². The fourth-order valence-corrected chi connectivity index (χ4v) is 5.51. The molecule has 0 aromatic heterocycles. The second-order valence-corrected chi connectivity index (χ2v) is 11.7. The number of sulfone groups is 1. The van der Waals surface area contributed by atoms with E-state index >= 15 is 0 Å². The summed E-state index contributed by atoms with van der Waals surface area (Å²) in [6, 6.07) is 13.2. The van der Waals surface area contributed by atoms with Gasteiger partial charge in [-0.1, -0.05) is 24.3 Å². The quantitative estimate of drug-likeness (QED) is 0.588. The molecule has 2 aromatic carbocycles. The van der Waals surface area contributed by atoms with Crippen LogP contribution in [-0.4, -0.2) is 50.3 Å². The standard InChI is InChI=1S/C25H33NO5S/c1-18-7-6-8-22(19(18)2)30-21-11-9-20(10-12-21)23-17-26(15-16-32(23,28)29)14-13-24(27)31-25(3,4)5/h6-12,23H,13-17H2,1-5H3. The van der Waals surface area contributed by atoms with Gasteiger partial charge in [0.2, 0.25) is 0 Å². The number of ether oxygens (including phenoxy) is 2. The van der Waals surface area contributed by atoms with E-state index in [9.17, 15) is 13.2 Å². The summed E-state index contributed by atoms with van der Waals surface area (Å²) >= 11 is 0. The maximum absolute atomic E-state index is 12.8. The third kappa shape index (κ3) is 6.33. The maximum atomic E-state index is 12.8. The second kappa shape index (κ2) is 9.63. The van der Waals surface area contributed by atoms with Crippen molar-refractivity contribution in [2.75, 3.05) is 25.4 Å². The highest BCUT2D eigenvalue weighted by atomic mass is 32.2. The molecule has 6 nitrogen and oxygen atoms in total. The van der Waals surface area contributed by atoms with Crippen molar-refractivity contribution in [1.29, 1.82) is 0 Å². The molecule has 0 radical (unpaired) electrons. The number of carbonyl (C=O) groups is 1. The number of hydrogen-bond donors (Lipinski definition) is 0. The minimum absolute atomic E-state index is 0.0761. The SMILES string of the molecule is Cc1cccc(Oc2ccc(C3CN(CCC(=O)OC(C)(C)C)CCS3(=O)=O)cc2)c1C. The number of benzene rings is 2. The van der Waals surface area contributed by atoms with Crippen LogP contribution in [-0.2, 0) is 19.4 Å². The van der Waals surface area contributed by atoms with E-state index in [1.165, 1.54) is 0 Å². The monoisotopic (exact) mass is 459 g/mol. The zero-order valence-electron chi connectivity index (χ0n) is 19.6. The van der Waals surface area contributed by atoms with Crippen LogP contribution < -0.4 is 4.74 Å². The van der Waals surface area contributed by atoms with E-state index < -0.39 is 20.7 Å². The van der Waals surface area contributed by atoms with E-state index in [1.807, 2.05) is 82.0 Å². The van der Waals surface area contributed by atoms with Gasteiger partial charge in [-0.25, -0.2) is 8.42 Å². The largest absolute Gasteiger partial charge is 0.460 e. The van der Waals surface area contributed by atoms with Gasteiger partial charge in [0.15, 0.2) is 9.84 Å². The first-order chi connectivity index (χ1) is 14.9. The van der Waals surface area contributed by atoms with Gasteiger partial charge >= 0.3 is 5.97 Å². The molecule has 0 saturated carbocycles. The topological polar surface area (TPSA) is 72.9 Å². The summed E-state index contributed by atoms with van der Waals surface area (Å²) in [6.45, 7) is 10.8. The predicted molar refractivity (Wildman–Crippen MR) is 126 cm³/mol. The zero-order valence-corrected chi connectivity index (χ0v) is 20.4. The van der Waals surface area contributed by atoms with Crippen LogP contribution in [0.3, 0.4) is 0 Å². The van der Waals surface area contributed by atoms with Crippen molar-refractivity contribution in [2.45, 2.75) is 51.9 Å². The maximum Gasteiger partial charge on any atom is 0.307 e. The zero-order chi connectivity index (χ0) is 23.5. The molecule has 0 bridgehead atoms. The van der Waals surface area contributed by atoms with Gasteiger partial charge in [0.1, 0.15) is 17.1 Å². The Morgan fingerprint density at radius 3 is 2.44 bits per heavy atom. The van der Waals surface area contributed by atoms with Crippen molar-refractivity contribution in [2.24, 2.45) is 0 Å². The minimum Gasteiger partial charge on any atom is -0.460 e. The van der Waals surface area contributed by atoms with Crippen molar-refractivity contribution in [1.82, 2.24) is 4.90 Å². The van der Waals surface area contributed by atoms with E-state index in [-0.39, 0.29) is 18.1 Å². The lowest BCUT2D eigenvalue weighted by Gasteiger charge is -2.33. The lowest BCUT2D eigenvalue weighted by atomic mass is 10.1. The molecular formula is C25H33NO5S. The van der Waals surface area contributed by atoms with Gasteiger partial charge in [-0.3, -0.25) is 4.79 Å². The van der Waals surface area contributed by atoms with Crippen molar-refractivity contribution in [3.8, 4) is 11.5 Å². The molecule has 1 fully saturated rings. The molecule has 2 aromatic rings. The van der Waals surface area contributed by atoms with Gasteiger partial charge in [-0.2, -0.15) is 0 Å². The van der Waals surface area contributed by atoms with E-state index in [1.54, 1.807) is 0 Å². The first-order valence-electron chi connectivity index (χ1n) is 10.9. The molecule has 1 heterocycles. The summed E-state index contributed by atoms with van der Waals surface area (Å²) in [5.41, 5.74) is 2.44. The number of hydrogen-bond acceptors (Lipinski definition) is 6. The first-order valence-corrected chi connectivity index (χ1v) is 12.7. The molecule has 1 aliphatic rings. The third-order valence-corrected chi connectivity index (χ3v) is 7.68. The average molecular weight is 460 g/mol. The Balaban J connectivity index is 1.67. The molecule has 0 amide bonds. The molecule has 174 valence electrons. The lowest BCUT2D eigenvalue weighted by Crippen LogP contribution is -2.43. The van der Waals surface area contributed by atoms with E-state index in [4.69, 9.17) is 9.47 Å². The van der Waals surface area contributed by atoms with Crippen LogP contribution in [0.2, 0.25) is 0 Å². The smallest absolute Gasteiger partial charge is 0.307 e. The average Bonchev–Trinajstić information content (AvgIpc) is 2.70. The highest BCUT2D eigenvalue weighted by Gasteiger charge is 2.34. The fourth-order valence-electron chi connectivity index (χ4n) is 3.71. The van der Waals surface area contributed by atoms with Gasteiger partial charge in [0.05, 0.1) is 17.4 Å². The Labute approximate surface area is 191 Å². The Kier molecular flexibility index (Phi) is 7.30. The van der Waals surface area contributed by atoms with Crippen LogP contribution in [0.4, 0.5) is 0 Å². The summed E-state index contributed by atoms with van der Waals surface area (Å²) in [4.78, 5) is 14.1. The fraction of sp³-hybridized carbons (Fsp3) is 0.480. The molecular weight excluding hydrogens is 426 g/mol. The van der Waals surface area contributed by atoms with Crippen molar-refractivity contribution in [3.05, 3.63) is 59.2 Å². The predicted octanol–water partition coefficient (Wildman–Crippen LogP) is 4.60. The molecule has 1 atom stereocenters. The summed E-state index contributed by atoms with van der Waals surface area (Å²) in [5, 5.41) is -0.621. The molecule has 1 unspecified atom stereocenters. The number of nitrogens with zero attached hydrogens (tertiary/aromatic N) is 1. The van der Waals surface area contributed by atoms with Crippen LogP contribution in [0.15, 0.2) is 42.5 Å². The number of rotatable bonds is 6. The van der Waals surface area contributed by atoms with Crippen molar-refractivity contribution < 1.29 is 22.7 Å². The molecule has 7 heteroatoms.